The average molecular weight is 361 g/mol. The summed E-state index contributed by atoms with van der Waals surface area (Å²) < 4.78 is 0. The maximum Gasteiger partial charge on any atom is 0.315 e. The Morgan fingerprint density at radius 1 is 1.25 bits per heavy atom. The van der Waals surface area contributed by atoms with Crippen LogP contribution in [0.2, 0.25) is 5.15 Å². The maximum atomic E-state index is 12.2. The second-order valence-electron chi connectivity index (χ2n) is 5.32. The van der Waals surface area contributed by atoms with Gasteiger partial charge in [-0.05, 0) is 34.4 Å². The fraction of sp³-hybridized carbons (Fsp3) is 0.176. The van der Waals surface area contributed by atoms with E-state index < -0.39 is 0 Å². The van der Waals surface area contributed by atoms with E-state index in [1.165, 1.54) is 0 Å². The number of aromatic amines is 1. The predicted molar refractivity (Wildman–Crippen MR) is 96.2 cm³/mol. The number of benzene rings is 1. The third kappa shape index (κ3) is 4.59. The van der Waals surface area contributed by atoms with Gasteiger partial charge in [0.05, 0.1) is 12.2 Å². The Morgan fingerprint density at radius 3 is 2.75 bits per heavy atom. The maximum absolute atomic E-state index is 12.2. The summed E-state index contributed by atoms with van der Waals surface area (Å²) in [5.74, 6) is 0.634. The lowest BCUT2D eigenvalue weighted by molar-refractivity contribution is 0.236. The fourth-order valence-electron chi connectivity index (χ4n) is 2.34. The lowest BCUT2D eigenvalue weighted by Crippen LogP contribution is -2.38. The zero-order valence-corrected chi connectivity index (χ0v) is 14.4. The van der Waals surface area contributed by atoms with E-state index in [9.17, 15) is 4.79 Å². The zero-order chi connectivity index (χ0) is 16.8. The predicted octanol–water partition coefficient (Wildman–Crippen LogP) is 3.91. The van der Waals surface area contributed by atoms with Crippen molar-refractivity contribution < 1.29 is 4.79 Å². The van der Waals surface area contributed by atoms with Gasteiger partial charge in [-0.25, -0.2) is 9.78 Å². The Morgan fingerprint density at radius 2 is 2.08 bits per heavy atom. The smallest absolute Gasteiger partial charge is 0.315 e. The minimum atomic E-state index is -0.289. The lowest BCUT2D eigenvalue weighted by atomic mass is 10.1. The first-order valence-electron chi connectivity index (χ1n) is 7.50. The van der Waals surface area contributed by atoms with Crippen LogP contribution in [0.4, 0.5) is 4.79 Å². The van der Waals surface area contributed by atoms with Gasteiger partial charge < -0.3 is 15.6 Å². The molecule has 0 saturated heterocycles. The van der Waals surface area contributed by atoms with Crippen LogP contribution in [0.5, 0.6) is 0 Å². The molecule has 1 aromatic carbocycles. The van der Waals surface area contributed by atoms with Crippen LogP contribution in [0.15, 0.2) is 53.4 Å². The first-order valence-corrected chi connectivity index (χ1v) is 8.82. The Hall–Kier alpha value is -2.31. The van der Waals surface area contributed by atoms with E-state index in [4.69, 9.17) is 11.6 Å². The first-order chi connectivity index (χ1) is 11.7. The van der Waals surface area contributed by atoms with Gasteiger partial charge in [0.2, 0.25) is 0 Å². The van der Waals surface area contributed by atoms with Crippen LogP contribution >= 0.6 is 22.9 Å². The molecule has 3 N–H and O–H groups in total. The third-order valence-electron chi connectivity index (χ3n) is 3.52. The molecule has 0 spiro atoms. The Balaban J connectivity index is 1.66. The van der Waals surface area contributed by atoms with Crippen LogP contribution in [0.25, 0.3) is 0 Å². The molecule has 24 heavy (non-hydrogen) atoms. The number of aromatic nitrogens is 2. The SMILES string of the molecule is O=C(NCc1ccsc1)N[C@@H](Cc1ccccc1)c1ncc(Cl)[nH]1. The molecule has 124 valence electrons. The van der Waals surface area contributed by atoms with E-state index >= 15 is 0 Å². The summed E-state index contributed by atoms with van der Waals surface area (Å²) in [5.41, 5.74) is 2.18. The summed E-state index contributed by atoms with van der Waals surface area (Å²) in [6.45, 7) is 0.492. The molecule has 3 aromatic rings. The number of nitrogens with zero attached hydrogens (tertiary/aromatic N) is 1. The van der Waals surface area contributed by atoms with Crippen molar-refractivity contribution in [2.45, 2.75) is 19.0 Å². The van der Waals surface area contributed by atoms with Gasteiger partial charge in [0.25, 0.3) is 0 Å². The summed E-state index contributed by atoms with van der Waals surface area (Å²) in [5, 5.41) is 10.3. The molecule has 0 aliphatic carbocycles. The van der Waals surface area contributed by atoms with E-state index in [0.29, 0.717) is 23.9 Å². The number of H-pyrrole nitrogens is 1. The highest BCUT2D eigenvalue weighted by Crippen LogP contribution is 2.17. The van der Waals surface area contributed by atoms with Gasteiger partial charge in [-0.3, -0.25) is 0 Å². The van der Waals surface area contributed by atoms with Gasteiger partial charge in [0.15, 0.2) is 0 Å². The van der Waals surface area contributed by atoms with Crippen molar-refractivity contribution in [3.05, 3.63) is 75.5 Å². The number of amides is 2. The molecule has 0 radical (unpaired) electrons. The summed E-state index contributed by atoms with van der Waals surface area (Å²) in [6.07, 6.45) is 2.16. The van der Waals surface area contributed by atoms with Gasteiger partial charge in [-0.15, -0.1) is 0 Å². The van der Waals surface area contributed by atoms with Crippen molar-refractivity contribution in [3.63, 3.8) is 0 Å². The molecule has 0 aliphatic rings. The van der Waals surface area contributed by atoms with Gasteiger partial charge in [-0.2, -0.15) is 11.3 Å². The Bertz CT molecular complexity index is 773. The second kappa shape index (κ2) is 7.99. The van der Waals surface area contributed by atoms with E-state index in [-0.39, 0.29) is 12.1 Å². The van der Waals surface area contributed by atoms with Crippen molar-refractivity contribution in [2.24, 2.45) is 0 Å². The molecular weight excluding hydrogens is 344 g/mol. The number of hydrogen-bond donors (Lipinski definition) is 3. The molecule has 7 heteroatoms. The number of halogens is 1. The molecule has 2 amide bonds. The highest BCUT2D eigenvalue weighted by atomic mass is 35.5. The molecule has 0 fully saturated rings. The summed E-state index contributed by atoms with van der Waals surface area (Å²) in [4.78, 5) is 19.5. The molecule has 0 aliphatic heterocycles. The molecular formula is C17H17ClN4OS. The normalized spacial score (nSPS) is 11.9. The summed E-state index contributed by atoms with van der Waals surface area (Å²) in [6, 6.07) is 11.4. The molecule has 3 rings (SSSR count). The summed E-state index contributed by atoms with van der Waals surface area (Å²) >= 11 is 7.53. The first kappa shape index (κ1) is 16.5. The Labute approximate surface area is 149 Å². The minimum absolute atomic E-state index is 0.241. The number of rotatable bonds is 6. The van der Waals surface area contributed by atoms with Crippen LogP contribution in [-0.4, -0.2) is 16.0 Å². The van der Waals surface area contributed by atoms with Gasteiger partial charge in [0, 0.05) is 6.54 Å². The van der Waals surface area contributed by atoms with Gasteiger partial charge in [-0.1, -0.05) is 41.9 Å². The molecule has 0 unspecified atom stereocenters. The number of urea groups is 1. The average Bonchev–Trinajstić information content (AvgIpc) is 3.25. The van der Waals surface area contributed by atoms with Crippen LogP contribution in [-0.2, 0) is 13.0 Å². The zero-order valence-electron chi connectivity index (χ0n) is 12.8. The van der Waals surface area contributed by atoms with E-state index in [1.807, 2.05) is 47.2 Å². The van der Waals surface area contributed by atoms with Crippen molar-refractivity contribution in [3.8, 4) is 0 Å². The van der Waals surface area contributed by atoms with Gasteiger partial charge in [0.1, 0.15) is 11.0 Å². The third-order valence-corrected chi connectivity index (χ3v) is 4.44. The standard InChI is InChI=1S/C17H17ClN4OS/c18-15-10-19-16(22-15)14(8-12-4-2-1-3-5-12)21-17(23)20-9-13-6-7-24-11-13/h1-7,10-11,14H,8-9H2,(H,19,22)(H2,20,21,23)/t14-/m0/s1. The topological polar surface area (TPSA) is 69.8 Å². The van der Waals surface area contributed by atoms with Crippen molar-refractivity contribution in [2.75, 3.05) is 0 Å². The fourth-order valence-corrected chi connectivity index (χ4v) is 3.16. The van der Waals surface area contributed by atoms with E-state index in [0.717, 1.165) is 11.1 Å². The molecule has 1 atom stereocenters. The van der Waals surface area contributed by atoms with Crippen molar-refractivity contribution in [1.29, 1.82) is 0 Å². The molecule has 0 bridgehead atoms. The second-order valence-corrected chi connectivity index (χ2v) is 6.50. The molecule has 2 aromatic heterocycles. The number of imidazole rings is 1. The number of nitrogens with one attached hydrogen (secondary N) is 3. The number of carbonyl (C=O) groups is 1. The van der Waals surface area contributed by atoms with Crippen LogP contribution in [0, 0.1) is 0 Å². The van der Waals surface area contributed by atoms with Crippen LogP contribution < -0.4 is 10.6 Å². The van der Waals surface area contributed by atoms with Crippen LogP contribution in [0.3, 0.4) is 0 Å². The highest BCUT2D eigenvalue weighted by Gasteiger charge is 2.18. The highest BCUT2D eigenvalue weighted by molar-refractivity contribution is 7.07. The Kier molecular flexibility index (Phi) is 5.51. The van der Waals surface area contributed by atoms with Crippen molar-refractivity contribution in [1.82, 2.24) is 20.6 Å². The largest absolute Gasteiger partial charge is 0.334 e. The van der Waals surface area contributed by atoms with Gasteiger partial charge >= 0.3 is 6.03 Å². The minimum Gasteiger partial charge on any atom is -0.334 e. The summed E-state index contributed by atoms with van der Waals surface area (Å²) in [7, 11) is 0. The number of hydrogen-bond acceptors (Lipinski definition) is 3. The van der Waals surface area contributed by atoms with Crippen LogP contribution in [0.1, 0.15) is 23.0 Å². The quantitative estimate of drug-likeness (QED) is 0.623. The molecule has 5 nitrogen and oxygen atoms in total. The van der Waals surface area contributed by atoms with Crippen molar-refractivity contribution >= 4 is 29.0 Å². The number of thiophene rings is 1. The van der Waals surface area contributed by atoms with E-state index in [1.54, 1.807) is 17.5 Å². The van der Waals surface area contributed by atoms with E-state index in [2.05, 4.69) is 20.6 Å². The molecule has 2 heterocycles. The monoisotopic (exact) mass is 360 g/mol. The lowest BCUT2D eigenvalue weighted by Gasteiger charge is -2.17. The number of carbonyl (C=O) groups excluding carboxylic acids is 1. The molecule has 0 saturated carbocycles.